The average Bonchev–Trinajstić information content (AvgIpc) is 2.25. The largest absolute Gasteiger partial charge is 0.760 e. The first kappa shape index (κ1) is 11.8. The summed E-state index contributed by atoms with van der Waals surface area (Å²) in [7, 11) is 0. The minimum absolute atomic E-state index is 0.146. The van der Waals surface area contributed by atoms with Crippen LogP contribution in [0, 0.1) is 0 Å². The Morgan fingerprint density at radius 3 is 2.67 bits per heavy atom. The number of carbonyl (C=O) groups excluding carboxylic acids is 1. The molecule has 0 aliphatic heterocycles. The Morgan fingerprint density at radius 2 is 2.07 bits per heavy atom. The van der Waals surface area contributed by atoms with Gasteiger partial charge in [0.05, 0.1) is 0 Å². The lowest BCUT2D eigenvalue weighted by Crippen LogP contribution is -2.26. The second-order valence-electron chi connectivity index (χ2n) is 2.70. The molecule has 1 rings (SSSR count). The van der Waals surface area contributed by atoms with Crippen molar-refractivity contribution in [3.63, 3.8) is 0 Å². The van der Waals surface area contributed by atoms with Gasteiger partial charge in [0.25, 0.3) is 0 Å². The Morgan fingerprint density at radius 1 is 1.40 bits per heavy atom. The maximum atomic E-state index is 11.0. The molecule has 0 heterocycles. The molecule has 0 bridgehead atoms. The molecule has 5 nitrogen and oxygen atoms in total. The molecule has 0 spiro atoms. The van der Waals surface area contributed by atoms with E-state index in [4.69, 9.17) is 4.74 Å². The Hall–Kier alpha value is -1.24. The third-order valence-electron chi connectivity index (χ3n) is 1.58. The van der Waals surface area contributed by atoms with Gasteiger partial charge in [-0.25, -0.2) is 4.72 Å². The summed E-state index contributed by atoms with van der Waals surface area (Å²) in [5, 5.41) is 0. The quantitative estimate of drug-likeness (QED) is 0.573. The molecule has 0 fully saturated rings. The summed E-state index contributed by atoms with van der Waals surface area (Å²) < 4.78 is 26.8. The zero-order valence-electron chi connectivity index (χ0n) is 7.84. The number of ether oxygens (including phenoxy) is 1. The lowest BCUT2D eigenvalue weighted by Gasteiger charge is -2.07. The van der Waals surface area contributed by atoms with Crippen molar-refractivity contribution in [2.24, 2.45) is 0 Å². The predicted octanol–water partition coefficient (Wildman–Crippen LogP) is 0.113. The first-order chi connectivity index (χ1) is 7.18. The van der Waals surface area contributed by atoms with Crippen LogP contribution in [0.4, 0.5) is 0 Å². The summed E-state index contributed by atoms with van der Waals surface area (Å²) in [4.78, 5) is 11.0. The van der Waals surface area contributed by atoms with Crippen LogP contribution in [0.3, 0.4) is 0 Å². The normalized spacial score (nSPS) is 12.1. The molecule has 1 N–H and O–H groups in total. The number of carbonyl (C=O) groups is 1. The van der Waals surface area contributed by atoms with Crippen LogP contribution in [0.15, 0.2) is 30.3 Å². The van der Waals surface area contributed by atoms with Gasteiger partial charge in [-0.1, -0.05) is 30.3 Å². The molecule has 0 saturated carbocycles. The molecule has 0 aliphatic rings. The van der Waals surface area contributed by atoms with Gasteiger partial charge in [-0.05, 0) is 5.56 Å². The molecule has 15 heavy (non-hydrogen) atoms. The van der Waals surface area contributed by atoms with Crippen LogP contribution in [0.25, 0.3) is 0 Å². The zero-order valence-corrected chi connectivity index (χ0v) is 8.66. The number of esters is 1. The smallest absolute Gasteiger partial charge is 0.321 e. The molecule has 1 unspecified atom stereocenters. The third-order valence-corrected chi connectivity index (χ3v) is 1.96. The number of hydrogen-bond donors (Lipinski definition) is 1. The van der Waals surface area contributed by atoms with Gasteiger partial charge in [-0.2, -0.15) is 0 Å². The fourth-order valence-electron chi connectivity index (χ4n) is 0.907. The van der Waals surface area contributed by atoms with E-state index in [1.165, 1.54) is 0 Å². The Kier molecular flexibility index (Phi) is 4.96. The van der Waals surface area contributed by atoms with Gasteiger partial charge in [0, 0.05) is 11.3 Å². The maximum absolute atomic E-state index is 11.0. The van der Waals surface area contributed by atoms with Crippen molar-refractivity contribution < 1.29 is 18.3 Å². The SMILES string of the molecule is O=C(CNS(=O)[O-])OCc1ccccc1. The minimum Gasteiger partial charge on any atom is -0.760 e. The Balaban J connectivity index is 2.26. The standard InChI is InChI=1S/C9H11NO4S/c11-9(6-10-15(12)13)14-7-8-4-2-1-3-5-8/h1-5,10H,6-7H2,(H,12,13)/p-1. The first-order valence-corrected chi connectivity index (χ1v) is 5.28. The van der Waals surface area contributed by atoms with Crippen molar-refractivity contribution in [3.8, 4) is 0 Å². The van der Waals surface area contributed by atoms with Gasteiger partial charge in [-0.3, -0.25) is 9.00 Å². The van der Waals surface area contributed by atoms with Crippen LogP contribution < -0.4 is 4.72 Å². The van der Waals surface area contributed by atoms with Gasteiger partial charge in [-0.15, -0.1) is 0 Å². The molecule has 1 aromatic carbocycles. The van der Waals surface area contributed by atoms with E-state index in [2.05, 4.69) is 0 Å². The summed E-state index contributed by atoms with van der Waals surface area (Å²) in [5.74, 6) is -0.608. The maximum Gasteiger partial charge on any atom is 0.321 e. The van der Waals surface area contributed by atoms with E-state index in [0.717, 1.165) is 5.56 Å². The average molecular weight is 228 g/mol. The summed E-state index contributed by atoms with van der Waals surface area (Å²) in [6.45, 7) is -0.199. The van der Waals surface area contributed by atoms with Crippen molar-refractivity contribution in [1.29, 1.82) is 0 Å². The molecule has 0 amide bonds. The Labute approximate surface area is 89.9 Å². The molecule has 0 saturated heterocycles. The van der Waals surface area contributed by atoms with E-state index >= 15 is 0 Å². The monoisotopic (exact) mass is 228 g/mol. The van der Waals surface area contributed by atoms with E-state index in [9.17, 15) is 13.6 Å². The van der Waals surface area contributed by atoms with E-state index in [1.807, 2.05) is 35.1 Å². The highest BCUT2D eigenvalue weighted by Gasteiger charge is 2.01. The highest BCUT2D eigenvalue weighted by molar-refractivity contribution is 7.77. The fraction of sp³-hybridized carbons (Fsp3) is 0.222. The molecular weight excluding hydrogens is 218 g/mol. The van der Waals surface area contributed by atoms with Gasteiger partial charge in [0.1, 0.15) is 13.2 Å². The highest BCUT2D eigenvalue weighted by Crippen LogP contribution is 2.00. The summed E-state index contributed by atoms with van der Waals surface area (Å²) >= 11 is -2.44. The number of rotatable bonds is 5. The van der Waals surface area contributed by atoms with E-state index in [-0.39, 0.29) is 13.2 Å². The second-order valence-corrected chi connectivity index (χ2v) is 3.46. The fourth-order valence-corrected chi connectivity index (χ4v) is 1.14. The van der Waals surface area contributed by atoms with Crippen molar-refractivity contribution in [2.75, 3.05) is 6.54 Å². The molecule has 1 atom stereocenters. The number of benzene rings is 1. The first-order valence-electron chi connectivity index (χ1n) is 4.21. The van der Waals surface area contributed by atoms with Crippen molar-refractivity contribution in [2.45, 2.75) is 6.61 Å². The van der Waals surface area contributed by atoms with Gasteiger partial charge in [0.2, 0.25) is 0 Å². The molecule has 0 aromatic heterocycles. The molecular formula is C9H10NO4S-. The summed E-state index contributed by atoms with van der Waals surface area (Å²) in [5.41, 5.74) is 0.856. The third kappa shape index (κ3) is 5.26. The zero-order chi connectivity index (χ0) is 11.1. The van der Waals surface area contributed by atoms with Crippen molar-refractivity contribution in [3.05, 3.63) is 35.9 Å². The van der Waals surface area contributed by atoms with E-state index in [0.29, 0.717) is 0 Å². The molecule has 6 heteroatoms. The molecule has 0 radical (unpaired) electrons. The lowest BCUT2D eigenvalue weighted by molar-refractivity contribution is -0.143. The van der Waals surface area contributed by atoms with E-state index < -0.39 is 17.2 Å². The number of hydrogen-bond acceptors (Lipinski definition) is 4. The Bertz CT molecular complexity index is 341. The summed E-state index contributed by atoms with van der Waals surface area (Å²) in [6, 6.07) is 9.13. The van der Waals surface area contributed by atoms with Crippen molar-refractivity contribution >= 4 is 17.2 Å². The molecule has 0 aliphatic carbocycles. The molecule has 82 valence electrons. The topological polar surface area (TPSA) is 78.5 Å². The van der Waals surface area contributed by atoms with Crippen molar-refractivity contribution in [1.82, 2.24) is 4.72 Å². The van der Waals surface area contributed by atoms with Gasteiger partial charge in [0.15, 0.2) is 0 Å². The lowest BCUT2D eigenvalue weighted by atomic mass is 10.2. The van der Waals surface area contributed by atoms with Gasteiger partial charge < -0.3 is 9.29 Å². The van der Waals surface area contributed by atoms with Crippen LogP contribution in [-0.2, 0) is 27.4 Å². The van der Waals surface area contributed by atoms with Crippen LogP contribution >= 0.6 is 0 Å². The van der Waals surface area contributed by atoms with Crippen LogP contribution in [0.1, 0.15) is 5.56 Å². The van der Waals surface area contributed by atoms with Crippen LogP contribution in [0.2, 0.25) is 0 Å². The van der Waals surface area contributed by atoms with Gasteiger partial charge >= 0.3 is 5.97 Å². The minimum atomic E-state index is -2.44. The molecule has 1 aromatic rings. The highest BCUT2D eigenvalue weighted by atomic mass is 32.2. The van der Waals surface area contributed by atoms with Crippen LogP contribution in [0.5, 0.6) is 0 Å². The summed E-state index contributed by atoms with van der Waals surface area (Å²) in [6.07, 6.45) is 0. The number of nitrogens with one attached hydrogen (secondary N) is 1. The van der Waals surface area contributed by atoms with E-state index in [1.54, 1.807) is 0 Å². The van der Waals surface area contributed by atoms with Crippen LogP contribution in [-0.4, -0.2) is 21.3 Å². The second kappa shape index (κ2) is 6.28. The predicted molar refractivity (Wildman–Crippen MR) is 53.2 cm³/mol.